The first-order valence-corrected chi connectivity index (χ1v) is 6.76. The van der Waals surface area contributed by atoms with E-state index in [1.54, 1.807) is 0 Å². The van der Waals surface area contributed by atoms with Crippen molar-refractivity contribution in [3.05, 3.63) is 30.6 Å². The Kier molecular flexibility index (Phi) is 4.18. The van der Waals surface area contributed by atoms with Crippen LogP contribution in [0.15, 0.2) is 30.6 Å². The maximum Gasteiger partial charge on any atom is 0.244 e. The zero-order valence-electron chi connectivity index (χ0n) is 11.0. The smallest absolute Gasteiger partial charge is 0.233 e. The molecule has 1 aromatic carbocycles. The summed E-state index contributed by atoms with van der Waals surface area (Å²) in [4.78, 5) is 0. The first-order chi connectivity index (χ1) is 8.33. The summed E-state index contributed by atoms with van der Waals surface area (Å²) >= 11 is 0. The van der Waals surface area contributed by atoms with Crippen molar-refractivity contribution in [2.45, 2.75) is 45.6 Å². The first kappa shape index (κ1) is 12.2. The first-order valence-electron chi connectivity index (χ1n) is 6.76. The number of aromatic nitrogens is 2. The van der Waals surface area contributed by atoms with Gasteiger partial charge in [-0.15, -0.1) is 0 Å². The van der Waals surface area contributed by atoms with E-state index < -0.39 is 0 Å². The number of para-hydroxylation sites is 2. The van der Waals surface area contributed by atoms with Gasteiger partial charge in [-0.2, -0.15) is 0 Å². The Balaban J connectivity index is 1.99. The number of hydrogen-bond donors (Lipinski definition) is 0. The van der Waals surface area contributed by atoms with Gasteiger partial charge in [0.1, 0.15) is 0 Å². The molecule has 2 aromatic rings. The summed E-state index contributed by atoms with van der Waals surface area (Å²) in [5.74, 6) is 0. The van der Waals surface area contributed by atoms with Crippen LogP contribution in [0.3, 0.4) is 0 Å². The van der Waals surface area contributed by atoms with Gasteiger partial charge in [0.2, 0.25) is 6.33 Å². The van der Waals surface area contributed by atoms with Gasteiger partial charge in [0.25, 0.3) is 0 Å². The van der Waals surface area contributed by atoms with Gasteiger partial charge >= 0.3 is 0 Å². The lowest BCUT2D eigenvalue weighted by Crippen LogP contribution is -2.25. The molecule has 0 saturated carbocycles. The topological polar surface area (TPSA) is 8.81 Å². The van der Waals surface area contributed by atoms with Crippen LogP contribution in [0.5, 0.6) is 0 Å². The monoisotopic (exact) mass is 231 g/mol. The van der Waals surface area contributed by atoms with E-state index in [1.165, 1.54) is 43.1 Å². The van der Waals surface area contributed by atoms with Gasteiger partial charge in [-0.3, -0.25) is 0 Å². The van der Waals surface area contributed by atoms with Crippen LogP contribution < -0.4 is 4.57 Å². The number of rotatable bonds is 6. The van der Waals surface area contributed by atoms with E-state index in [0.717, 1.165) is 6.54 Å². The molecule has 0 aliphatic heterocycles. The van der Waals surface area contributed by atoms with Gasteiger partial charge in [0.05, 0.1) is 13.6 Å². The molecule has 1 heterocycles. The van der Waals surface area contributed by atoms with Crippen LogP contribution in [0, 0.1) is 0 Å². The van der Waals surface area contributed by atoms with Crippen molar-refractivity contribution in [2.24, 2.45) is 7.05 Å². The molecule has 0 unspecified atom stereocenters. The van der Waals surface area contributed by atoms with Crippen LogP contribution >= 0.6 is 0 Å². The molecule has 0 spiro atoms. The van der Waals surface area contributed by atoms with Crippen molar-refractivity contribution in [3.8, 4) is 0 Å². The minimum Gasteiger partial charge on any atom is -0.233 e. The summed E-state index contributed by atoms with van der Waals surface area (Å²) in [6.07, 6.45) is 8.93. The van der Waals surface area contributed by atoms with Crippen LogP contribution in [0.2, 0.25) is 0 Å². The summed E-state index contributed by atoms with van der Waals surface area (Å²) in [5, 5.41) is 0. The highest BCUT2D eigenvalue weighted by Crippen LogP contribution is 2.12. The Morgan fingerprint density at radius 3 is 2.65 bits per heavy atom. The van der Waals surface area contributed by atoms with Crippen LogP contribution in [0.4, 0.5) is 0 Å². The molecule has 0 fully saturated rings. The second-order valence-electron chi connectivity index (χ2n) is 4.82. The Hall–Kier alpha value is -1.31. The third-order valence-corrected chi connectivity index (χ3v) is 3.39. The van der Waals surface area contributed by atoms with Crippen LogP contribution in [0.25, 0.3) is 11.0 Å². The molecule has 92 valence electrons. The fraction of sp³-hybridized carbons (Fsp3) is 0.533. The predicted molar refractivity (Wildman–Crippen MR) is 71.9 cm³/mol. The Labute approximate surface area is 104 Å². The molecule has 0 atom stereocenters. The maximum atomic E-state index is 2.38. The van der Waals surface area contributed by atoms with E-state index in [0.29, 0.717) is 0 Å². The normalized spacial score (nSPS) is 11.2. The number of benzene rings is 1. The summed E-state index contributed by atoms with van der Waals surface area (Å²) < 4.78 is 4.59. The van der Waals surface area contributed by atoms with Crippen molar-refractivity contribution >= 4 is 11.0 Å². The average molecular weight is 231 g/mol. The zero-order valence-corrected chi connectivity index (χ0v) is 11.0. The summed E-state index contributed by atoms with van der Waals surface area (Å²) in [5.41, 5.74) is 2.67. The number of hydrogen-bond acceptors (Lipinski definition) is 0. The number of fused-ring (bicyclic) bond motifs is 1. The highest BCUT2D eigenvalue weighted by molar-refractivity contribution is 5.71. The van der Waals surface area contributed by atoms with Crippen molar-refractivity contribution in [2.75, 3.05) is 0 Å². The van der Waals surface area contributed by atoms with Gasteiger partial charge in [0.15, 0.2) is 11.0 Å². The standard InChI is InChI=1S/C15H23N2/c1-3-4-5-6-9-12-17-13-16(2)14-10-7-8-11-15(14)17/h7-8,10-11,13H,3-6,9,12H2,1-2H3/q+1. The van der Waals surface area contributed by atoms with Crippen LogP contribution in [0.1, 0.15) is 39.0 Å². The molecule has 0 aliphatic rings. The molecule has 2 rings (SSSR count). The van der Waals surface area contributed by atoms with Crippen molar-refractivity contribution in [1.29, 1.82) is 0 Å². The van der Waals surface area contributed by atoms with E-state index in [4.69, 9.17) is 0 Å². The van der Waals surface area contributed by atoms with Crippen molar-refractivity contribution in [1.82, 2.24) is 4.57 Å². The van der Waals surface area contributed by atoms with Gasteiger partial charge < -0.3 is 0 Å². The van der Waals surface area contributed by atoms with E-state index in [1.807, 2.05) is 0 Å². The Morgan fingerprint density at radius 1 is 1.06 bits per heavy atom. The molecule has 0 saturated heterocycles. The molecule has 0 N–H and O–H groups in total. The Bertz CT molecular complexity index is 471. The number of unbranched alkanes of at least 4 members (excludes halogenated alkanes) is 4. The fourth-order valence-electron chi connectivity index (χ4n) is 2.40. The van der Waals surface area contributed by atoms with E-state index in [9.17, 15) is 0 Å². The molecule has 2 heteroatoms. The van der Waals surface area contributed by atoms with E-state index in [2.05, 4.69) is 53.7 Å². The highest BCUT2D eigenvalue weighted by Gasteiger charge is 2.10. The minimum absolute atomic E-state index is 1.14. The molecule has 17 heavy (non-hydrogen) atoms. The quantitative estimate of drug-likeness (QED) is 0.532. The minimum atomic E-state index is 1.14. The highest BCUT2D eigenvalue weighted by atomic mass is 15.1. The van der Waals surface area contributed by atoms with Gasteiger partial charge in [-0.05, 0) is 25.0 Å². The third-order valence-electron chi connectivity index (χ3n) is 3.39. The van der Waals surface area contributed by atoms with Gasteiger partial charge in [0, 0.05) is 0 Å². The lowest BCUT2D eigenvalue weighted by atomic mass is 10.1. The summed E-state index contributed by atoms with van der Waals surface area (Å²) in [6.45, 7) is 3.41. The molecular weight excluding hydrogens is 208 g/mol. The average Bonchev–Trinajstić information content (AvgIpc) is 2.67. The van der Waals surface area contributed by atoms with E-state index in [-0.39, 0.29) is 0 Å². The van der Waals surface area contributed by atoms with Crippen LogP contribution in [-0.4, -0.2) is 4.57 Å². The molecule has 1 aromatic heterocycles. The second kappa shape index (κ2) is 5.85. The largest absolute Gasteiger partial charge is 0.244 e. The third kappa shape index (κ3) is 2.87. The number of imidazole rings is 1. The molecule has 0 aliphatic carbocycles. The molecule has 0 amide bonds. The van der Waals surface area contributed by atoms with Crippen molar-refractivity contribution < 1.29 is 4.57 Å². The summed E-state index contributed by atoms with van der Waals surface area (Å²) in [7, 11) is 2.12. The maximum absolute atomic E-state index is 2.38. The van der Waals surface area contributed by atoms with Gasteiger partial charge in [-0.25, -0.2) is 9.13 Å². The van der Waals surface area contributed by atoms with Crippen LogP contribution in [-0.2, 0) is 13.6 Å². The molecule has 0 radical (unpaired) electrons. The SMILES string of the molecule is CCCCCCCn1c[n+](C)c2ccccc21. The van der Waals surface area contributed by atoms with Crippen molar-refractivity contribution in [3.63, 3.8) is 0 Å². The number of aryl methyl sites for hydroxylation is 2. The lowest BCUT2D eigenvalue weighted by Gasteiger charge is -1.98. The molecular formula is C15H23N2+. The number of nitrogens with zero attached hydrogens (tertiary/aromatic N) is 2. The second-order valence-corrected chi connectivity index (χ2v) is 4.82. The zero-order chi connectivity index (χ0) is 12.1. The predicted octanol–water partition coefficient (Wildman–Crippen LogP) is 3.44. The molecule has 2 nitrogen and oxygen atoms in total. The van der Waals surface area contributed by atoms with E-state index >= 15 is 0 Å². The van der Waals surface area contributed by atoms with Gasteiger partial charge in [-0.1, -0.05) is 38.3 Å². The molecule has 0 bridgehead atoms. The lowest BCUT2D eigenvalue weighted by molar-refractivity contribution is -0.645. The summed E-state index contributed by atoms with van der Waals surface area (Å²) in [6, 6.07) is 8.62. The Morgan fingerprint density at radius 2 is 1.82 bits per heavy atom. The fourth-order valence-corrected chi connectivity index (χ4v) is 2.40.